The molecule has 0 aromatic heterocycles. The van der Waals surface area contributed by atoms with Gasteiger partial charge < -0.3 is 10.2 Å². The molecule has 1 heterocycles. The number of amides is 2. The second-order valence-corrected chi connectivity index (χ2v) is 9.24. The summed E-state index contributed by atoms with van der Waals surface area (Å²) in [5.74, 6) is 0.991. The summed E-state index contributed by atoms with van der Waals surface area (Å²) in [6.45, 7) is 10.9. The Morgan fingerprint density at radius 1 is 1.19 bits per heavy atom. The Balaban J connectivity index is 1.40. The van der Waals surface area contributed by atoms with E-state index in [-0.39, 0.29) is 23.1 Å². The van der Waals surface area contributed by atoms with Gasteiger partial charge in [0.05, 0.1) is 0 Å². The van der Waals surface area contributed by atoms with Crippen LogP contribution in [0.4, 0.5) is 0 Å². The van der Waals surface area contributed by atoms with Crippen LogP contribution in [0.3, 0.4) is 0 Å². The number of aryl methyl sites for hydroxylation is 3. The van der Waals surface area contributed by atoms with E-state index in [4.69, 9.17) is 0 Å². The summed E-state index contributed by atoms with van der Waals surface area (Å²) in [6.07, 6.45) is 4.50. The number of carbonyl (C=O) groups is 2. The quantitative estimate of drug-likeness (QED) is 0.831. The lowest BCUT2D eigenvalue weighted by atomic mass is 9.62. The van der Waals surface area contributed by atoms with E-state index in [0.29, 0.717) is 18.9 Å². The van der Waals surface area contributed by atoms with E-state index in [0.717, 1.165) is 38.8 Å². The molecule has 0 radical (unpaired) electrons. The average molecular weight is 371 g/mol. The SMILES string of the molecule is Cc1ccc(CCC(=O)N2CC[C@@H](CNC(=O)C3CCC3(C)C)C2)cc1C. The molecule has 4 nitrogen and oxygen atoms in total. The topological polar surface area (TPSA) is 49.4 Å². The zero-order valence-electron chi connectivity index (χ0n) is 17.3. The van der Waals surface area contributed by atoms with E-state index in [1.807, 2.05) is 4.90 Å². The van der Waals surface area contributed by atoms with Crippen LogP contribution in [-0.4, -0.2) is 36.3 Å². The summed E-state index contributed by atoms with van der Waals surface area (Å²) in [7, 11) is 0. The molecule has 148 valence electrons. The minimum absolute atomic E-state index is 0.149. The molecule has 1 aromatic carbocycles. The maximum atomic E-state index is 12.5. The molecule has 1 aromatic rings. The van der Waals surface area contributed by atoms with Gasteiger partial charge in [-0.25, -0.2) is 0 Å². The van der Waals surface area contributed by atoms with Gasteiger partial charge in [0, 0.05) is 32.0 Å². The summed E-state index contributed by atoms with van der Waals surface area (Å²) in [4.78, 5) is 26.9. The molecule has 1 aliphatic carbocycles. The number of nitrogens with zero attached hydrogens (tertiary/aromatic N) is 1. The number of nitrogens with one attached hydrogen (secondary N) is 1. The Morgan fingerprint density at radius 3 is 2.59 bits per heavy atom. The Bertz CT molecular complexity index is 710. The van der Waals surface area contributed by atoms with Crippen molar-refractivity contribution in [2.24, 2.45) is 17.3 Å². The molecule has 1 aliphatic heterocycles. The van der Waals surface area contributed by atoms with Crippen molar-refractivity contribution in [2.75, 3.05) is 19.6 Å². The van der Waals surface area contributed by atoms with Crippen LogP contribution in [0.15, 0.2) is 18.2 Å². The Labute approximate surface area is 163 Å². The highest BCUT2D eigenvalue weighted by Gasteiger charge is 2.43. The number of likely N-dealkylation sites (tertiary alicyclic amines) is 1. The number of hydrogen-bond donors (Lipinski definition) is 1. The molecule has 2 fully saturated rings. The van der Waals surface area contributed by atoms with Crippen molar-refractivity contribution in [1.29, 1.82) is 0 Å². The third-order valence-electron chi connectivity index (χ3n) is 6.74. The van der Waals surface area contributed by atoms with E-state index < -0.39 is 0 Å². The van der Waals surface area contributed by atoms with Gasteiger partial charge in [-0.2, -0.15) is 0 Å². The molecule has 27 heavy (non-hydrogen) atoms. The molecule has 1 unspecified atom stereocenters. The predicted molar refractivity (Wildman–Crippen MR) is 108 cm³/mol. The lowest BCUT2D eigenvalue weighted by molar-refractivity contribution is -0.134. The first-order valence-electron chi connectivity index (χ1n) is 10.4. The molecule has 2 atom stereocenters. The molecule has 2 amide bonds. The lowest BCUT2D eigenvalue weighted by Gasteiger charge is -2.43. The van der Waals surface area contributed by atoms with E-state index >= 15 is 0 Å². The van der Waals surface area contributed by atoms with Crippen molar-refractivity contribution in [1.82, 2.24) is 10.2 Å². The molecule has 0 spiro atoms. The van der Waals surface area contributed by atoms with Gasteiger partial charge in [0.2, 0.25) is 11.8 Å². The first kappa shape index (κ1) is 19.9. The van der Waals surface area contributed by atoms with Crippen molar-refractivity contribution in [3.05, 3.63) is 34.9 Å². The molecule has 4 heteroatoms. The fraction of sp³-hybridized carbons (Fsp3) is 0.652. The van der Waals surface area contributed by atoms with Crippen LogP contribution in [0.2, 0.25) is 0 Å². The van der Waals surface area contributed by atoms with Gasteiger partial charge in [-0.1, -0.05) is 32.0 Å². The van der Waals surface area contributed by atoms with Crippen molar-refractivity contribution in [3.8, 4) is 0 Å². The Morgan fingerprint density at radius 2 is 1.96 bits per heavy atom. The van der Waals surface area contributed by atoms with E-state index in [1.54, 1.807) is 0 Å². The summed E-state index contributed by atoms with van der Waals surface area (Å²) < 4.78 is 0. The number of hydrogen-bond acceptors (Lipinski definition) is 2. The van der Waals surface area contributed by atoms with E-state index in [2.05, 4.69) is 51.2 Å². The zero-order chi connectivity index (χ0) is 19.6. The second kappa shape index (κ2) is 8.04. The van der Waals surface area contributed by atoms with Gasteiger partial charge in [0.25, 0.3) is 0 Å². The highest BCUT2D eigenvalue weighted by Crippen LogP contribution is 2.45. The zero-order valence-corrected chi connectivity index (χ0v) is 17.3. The van der Waals surface area contributed by atoms with Crippen molar-refractivity contribution >= 4 is 11.8 Å². The highest BCUT2D eigenvalue weighted by atomic mass is 16.2. The van der Waals surface area contributed by atoms with Gasteiger partial charge in [-0.05, 0) is 67.6 Å². The van der Waals surface area contributed by atoms with Crippen LogP contribution in [0.5, 0.6) is 0 Å². The van der Waals surface area contributed by atoms with Crippen molar-refractivity contribution in [3.63, 3.8) is 0 Å². The summed E-state index contributed by atoms with van der Waals surface area (Å²) in [5, 5.41) is 3.13. The van der Waals surface area contributed by atoms with Gasteiger partial charge in [-0.15, -0.1) is 0 Å². The molecule has 0 bridgehead atoms. The van der Waals surface area contributed by atoms with Gasteiger partial charge in [0.1, 0.15) is 0 Å². The highest BCUT2D eigenvalue weighted by molar-refractivity contribution is 5.80. The first-order valence-corrected chi connectivity index (χ1v) is 10.4. The van der Waals surface area contributed by atoms with Crippen LogP contribution in [0, 0.1) is 31.1 Å². The summed E-state index contributed by atoms with van der Waals surface area (Å²) in [5.41, 5.74) is 3.96. The summed E-state index contributed by atoms with van der Waals surface area (Å²) >= 11 is 0. The summed E-state index contributed by atoms with van der Waals surface area (Å²) in [6, 6.07) is 6.44. The standard InChI is InChI=1S/C23H34N2O2/c1-16-5-6-18(13-17(16)2)7-8-21(26)25-12-10-19(15-25)14-24-22(27)20-9-11-23(20,3)4/h5-6,13,19-20H,7-12,14-15H2,1-4H3,(H,24,27)/t19-,20?/m0/s1. The minimum Gasteiger partial charge on any atom is -0.355 e. The van der Waals surface area contributed by atoms with Crippen molar-refractivity contribution in [2.45, 2.75) is 59.8 Å². The van der Waals surface area contributed by atoms with Gasteiger partial charge in [0.15, 0.2) is 0 Å². The maximum absolute atomic E-state index is 12.5. The number of carbonyl (C=O) groups excluding carboxylic acids is 2. The third kappa shape index (κ3) is 4.72. The largest absolute Gasteiger partial charge is 0.355 e. The normalized spacial score (nSPS) is 23.8. The molecular formula is C23H34N2O2. The fourth-order valence-electron chi connectivity index (χ4n) is 4.31. The monoisotopic (exact) mass is 370 g/mol. The molecule has 1 saturated heterocycles. The van der Waals surface area contributed by atoms with Crippen LogP contribution in [0.1, 0.15) is 56.2 Å². The fourth-order valence-corrected chi connectivity index (χ4v) is 4.31. The second-order valence-electron chi connectivity index (χ2n) is 9.24. The van der Waals surface area contributed by atoms with Crippen molar-refractivity contribution < 1.29 is 9.59 Å². The van der Waals surface area contributed by atoms with Crippen LogP contribution in [0.25, 0.3) is 0 Å². The number of benzene rings is 1. The predicted octanol–water partition coefficient (Wildman–Crippen LogP) is 3.64. The van der Waals surface area contributed by atoms with Crippen LogP contribution >= 0.6 is 0 Å². The smallest absolute Gasteiger partial charge is 0.223 e. The Hall–Kier alpha value is -1.84. The van der Waals surface area contributed by atoms with Crippen LogP contribution < -0.4 is 5.32 Å². The maximum Gasteiger partial charge on any atom is 0.223 e. The Kier molecular flexibility index (Phi) is 5.92. The first-order chi connectivity index (χ1) is 12.8. The van der Waals surface area contributed by atoms with Gasteiger partial charge >= 0.3 is 0 Å². The van der Waals surface area contributed by atoms with E-state index in [9.17, 15) is 9.59 Å². The lowest BCUT2D eigenvalue weighted by Crippen LogP contribution is -2.47. The van der Waals surface area contributed by atoms with Gasteiger partial charge in [-0.3, -0.25) is 9.59 Å². The minimum atomic E-state index is 0.149. The molecular weight excluding hydrogens is 336 g/mol. The number of rotatable bonds is 6. The molecule has 3 rings (SSSR count). The molecule has 1 saturated carbocycles. The molecule has 2 aliphatic rings. The third-order valence-corrected chi connectivity index (χ3v) is 6.74. The molecule has 1 N–H and O–H groups in total. The van der Waals surface area contributed by atoms with Crippen LogP contribution in [-0.2, 0) is 16.0 Å². The average Bonchev–Trinajstić information content (AvgIpc) is 3.09. The van der Waals surface area contributed by atoms with E-state index in [1.165, 1.54) is 16.7 Å².